The first kappa shape index (κ1) is 13.1. The molecule has 0 radical (unpaired) electrons. The summed E-state index contributed by atoms with van der Waals surface area (Å²) in [5, 5.41) is 5.25. The molecule has 0 spiro atoms. The van der Waals surface area contributed by atoms with Crippen molar-refractivity contribution in [2.24, 2.45) is 0 Å². The molecule has 0 bridgehead atoms. The molecule has 0 aliphatic carbocycles. The van der Waals surface area contributed by atoms with Crippen LogP contribution in [0.4, 0.5) is 11.5 Å². The Labute approximate surface area is 121 Å². The number of fused-ring (bicyclic) bond motifs is 1. The summed E-state index contributed by atoms with van der Waals surface area (Å²) in [6, 6.07) is 12.1. The number of nitrogens with one attached hydrogen (secondary N) is 2. The zero-order chi connectivity index (χ0) is 14.9. The minimum atomic E-state index is -1.65. The quantitative estimate of drug-likeness (QED) is 0.824. The Kier molecular flexibility index (Phi) is 3.06. The second kappa shape index (κ2) is 4.90. The van der Waals surface area contributed by atoms with E-state index in [1.807, 2.05) is 0 Å². The second-order valence-electron chi connectivity index (χ2n) is 4.75. The fourth-order valence-electron chi connectivity index (χ4n) is 1.99. The van der Waals surface area contributed by atoms with E-state index in [1.165, 1.54) is 6.92 Å². The highest BCUT2D eigenvalue weighted by molar-refractivity contribution is 6.18. The summed E-state index contributed by atoms with van der Waals surface area (Å²) in [4.78, 5) is 28.6. The van der Waals surface area contributed by atoms with E-state index < -0.39 is 17.4 Å². The summed E-state index contributed by atoms with van der Waals surface area (Å²) >= 11 is 0. The first-order valence-corrected chi connectivity index (χ1v) is 6.41. The average molecular weight is 283 g/mol. The average Bonchev–Trinajstić information content (AvgIpc) is 2.49. The zero-order valence-electron chi connectivity index (χ0n) is 11.3. The molecule has 1 aromatic carbocycles. The Bertz CT molecular complexity index is 702. The minimum Gasteiger partial charge on any atom is -0.466 e. The lowest BCUT2D eigenvalue weighted by atomic mass is 10.0. The molecular formula is C15H13N3O3. The molecule has 106 valence electrons. The summed E-state index contributed by atoms with van der Waals surface area (Å²) in [6.07, 6.45) is 1.55. The van der Waals surface area contributed by atoms with E-state index in [0.717, 1.165) is 0 Å². The Balaban J connectivity index is 1.87. The van der Waals surface area contributed by atoms with Gasteiger partial charge in [-0.25, -0.2) is 4.98 Å². The molecule has 6 heteroatoms. The van der Waals surface area contributed by atoms with E-state index in [-0.39, 0.29) is 0 Å². The number of pyridine rings is 1. The highest BCUT2D eigenvalue weighted by Gasteiger charge is 2.47. The van der Waals surface area contributed by atoms with Gasteiger partial charge >= 0.3 is 0 Å². The van der Waals surface area contributed by atoms with Crippen LogP contribution in [0, 0.1) is 0 Å². The van der Waals surface area contributed by atoms with Crippen LogP contribution in [-0.4, -0.2) is 22.4 Å². The van der Waals surface area contributed by atoms with Crippen LogP contribution < -0.4 is 15.4 Å². The first-order chi connectivity index (χ1) is 10.1. The predicted octanol–water partition coefficient (Wildman–Crippen LogP) is 1.81. The van der Waals surface area contributed by atoms with Crippen LogP contribution in [-0.2, 0) is 9.59 Å². The molecular weight excluding hydrogens is 270 g/mol. The van der Waals surface area contributed by atoms with Crippen molar-refractivity contribution in [2.45, 2.75) is 12.5 Å². The van der Waals surface area contributed by atoms with Gasteiger partial charge < -0.3 is 15.4 Å². The third-order valence-corrected chi connectivity index (χ3v) is 3.22. The number of nitrogens with zero attached hydrogens (tertiary/aromatic N) is 1. The van der Waals surface area contributed by atoms with Crippen LogP contribution in [0.25, 0.3) is 0 Å². The fraction of sp³-hybridized carbons (Fsp3) is 0.133. The van der Waals surface area contributed by atoms with Gasteiger partial charge in [0.2, 0.25) is 0 Å². The summed E-state index contributed by atoms with van der Waals surface area (Å²) in [6.45, 7) is 1.43. The Morgan fingerprint density at radius 1 is 1.24 bits per heavy atom. The number of rotatable bonds is 2. The van der Waals surface area contributed by atoms with Gasteiger partial charge in [-0.2, -0.15) is 0 Å². The maximum atomic E-state index is 12.4. The summed E-state index contributed by atoms with van der Waals surface area (Å²) in [5.41, 5.74) is -1.10. The fourth-order valence-corrected chi connectivity index (χ4v) is 1.99. The van der Waals surface area contributed by atoms with E-state index in [4.69, 9.17) is 4.74 Å². The number of hydrogen-bond donors (Lipinski definition) is 2. The van der Waals surface area contributed by atoms with Gasteiger partial charge in [-0.15, -0.1) is 0 Å². The number of hydrogen-bond acceptors (Lipinski definition) is 4. The number of benzene rings is 1. The number of anilines is 2. The topological polar surface area (TPSA) is 80.3 Å². The molecule has 1 aliphatic heterocycles. The molecule has 2 heterocycles. The van der Waals surface area contributed by atoms with Crippen LogP contribution in [0.2, 0.25) is 0 Å². The van der Waals surface area contributed by atoms with Crippen molar-refractivity contribution >= 4 is 23.3 Å². The monoisotopic (exact) mass is 283 g/mol. The third-order valence-electron chi connectivity index (χ3n) is 3.22. The van der Waals surface area contributed by atoms with Gasteiger partial charge in [-0.3, -0.25) is 9.59 Å². The SMILES string of the molecule is CC1(C(=O)Nc2ccccn2)Oc2ccccc2NC1=O. The van der Waals surface area contributed by atoms with Crippen LogP contribution in [0.1, 0.15) is 6.92 Å². The molecule has 2 aromatic rings. The largest absolute Gasteiger partial charge is 0.466 e. The normalized spacial score (nSPS) is 20.0. The van der Waals surface area contributed by atoms with Gasteiger partial charge in [0.05, 0.1) is 5.69 Å². The minimum absolute atomic E-state index is 0.360. The lowest BCUT2D eigenvalue weighted by molar-refractivity contribution is -0.143. The molecule has 1 aromatic heterocycles. The van der Waals surface area contributed by atoms with Gasteiger partial charge in [-0.05, 0) is 31.2 Å². The standard InChI is InChI=1S/C15H13N3O3/c1-15(14(20)18-12-8-4-5-9-16-12)13(19)17-10-6-2-3-7-11(10)21-15/h2-9H,1H3,(H,17,19)(H,16,18,20). The summed E-state index contributed by atoms with van der Waals surface area (Å²) in [7, 11) is 0. The van der Waals surface area contributed by atoms with Crippen LogP contribution in [0.3, 0.4) is 0 Å². The molecule has 0 fully saturated rings. The van der Waals surface area contributed by atoms with Crippen molar-refractivity contribution in [3.63, 3.8) is 0 Å². The number of carbonyl (C=O) groups is 2. The predicted molar refractivity (Wildman–Crippen MR) is 77.0 cm³/mol. The van der Waals surface area contributed by atoms with Crippen molar-refractivity contribution in [3.8, 4) is 5.75 Å². The van der Waals surface area contributed by atoms with Crippen LogP contribution in [0.15, 0.2) is 48.7 Å². The summed E-state index contributed by atoms with van der Waals surface area (Å²) < 4.78 is 5.61. The molecule has 0 saturated heterocycles. The van der Waals surface area contributed by atoms with E-state index >= 15 is 0 Å². The van der Waals surface area contributed by atoms with Gasteiger partial charge in [0.15, 0.2) is 0 Å². The van der Waals surface area contributed by atoms with Crippen molar-refractivity contribution in [2.75, 3.05) is 10.6 Å². The van der Waals surface area contributed by atoms with E-state index in [0.29, 0.717) is 17.3 Å². The maximum Gasteiger partial charge on any atom is 0.279 e. The van der Waals surface area contributed by atoms with E-state index in [9.17, 15) is 9.59 Å². The lowest BCUT2D eigenvalue weighted by Crippen LogP contribution is -2.56. The molecule has 2 amide bonds. The lowest BCUT2D eigenvalue weighted by Gasteiger charge is -2.33. The zero-order valence-corrected chi connectivity index (χ0v) is 11.3. The number of amides is 2. The van der Waals surface area contributed by atoms with Gasteiger partial charge in [-0.1, -0.05) is 18.2 Å². The molecule has 1 atom stereocenters. The number of aromatic nitrogens is 1. The Morgan fingerprint density at radius 3 is 2.76 bits per heavy atom. The third kappa shape index (κ3) is 2.31. The highest BCUT2D eigenvalue weighted by atomic mass is 16.5. The second-order valence-corrected chi connectivity index (χ2v) is 4.75. The van der Waals surface area contributed by atoms with Gasteiger partial charge in [0.25, 0.3) is 17.4 Å². The molecule has 21 heavy (non-hydrogen) atoms. The van der Waals surface area contributed by atoms with Crippen molar-refractivity contribution < 1.29 is 14.3 Å². The van der Waals surface area contributed by atoms with Gasteiger partial charge in [0.1, 0.15) is 11.6 Å². The maximum absolute atomic E-state index is 12.4. The highest BCUT2D eigenvalue weighted by Crippen LogP contribution is 2.33. The summed E-state index contributed by atoms with van der Waals surface area (Å²) in [5.74, 6) is -0.280. The molecule has 1 aliphatic rings. The molecule has 2 N–H and O–H groups in total. The smallest absolute Gasteiger partial charge is 0.279 e. The van der Waals surface area contributed by atoms with Crippen molar-refractivity contribution in [1.29, 1.82) is 0 Å². The molecule has 6 nitrogen and oxygen atoms in total. The van der Waals surface area contributed by atoms with Crippen molar-refractivity contribution in [1.82, 2.24) is 4.98 Å². The Morgan fingerprint density at radius 2 is 2.00 bits per heavy atom. The van der Waals surface area contributed by atoms with Gasteiger partial charge in [0, 0.05) is 6.20 Å². The number of para-hydroxylation sites is 2. The number of carbonyl (C=O) groups excluding carboxylic acids is 2. The molecule has 0 saturated carbocycles. The van der Waals surface area contributed by atoms with Crippen molar-refractivity contribution in [3.05, 3.63) is 48.7 Å². The first-order valence-electron chi connectivity index (χ1n) is 6.41. The van der Waals surface area contributed by atoms with Crippen LogP contribution in [0.5, 0.6) is 5.75 Å². The number of ether oxygens (including phenoxy) is 1. The van der Waals surface area contributed by atoms with Crippen LogP contribution >= 0.6 is 0 Å². The van der Waals surface area contributed by atoms with E-state index in [2.05, 4.69) is 15.6 Å². The Hall–Kier alpha value is -2.89. The van der Waals surface area contributed by atoms with E-state index in [1.54, 1.807) is 48.7 Å². The molecule has 3 rings (SSSR count). The molecule has 1 unspecified atom stereocenters.